The average molecular weight is 302 g/mol. The van der Waals surface area contributed by atoms with E-state index in [0.717, 1.165) is 25.0 Å². The minimum absolute atomic E-state index is 0.0212. The van der Waals surface area contributed by atoms with Crippen molar-refractivity contribution in [2.75, 3.05) is 19.7 Å². The van der Waals surface area contributed by atoms with Crippen molar-refractivity contribution >= 4 is 17.5 Å². The number of benzene rings is 1. The number of phenolic OH excluding ortho intramolecular Hbond substituents is 1. The Morgan fingerprint density at radius 1 is 1.55 bits per heavy atom. The molecule has 0 aromatic heterocycles. The highest BCUT2D eigenvalue weighted by atomic mass is 35.5. The van der Waals surface area contributed by atoms with Gasteiger partial charge in [-0.2, -0.15) is 0 Å². The number of phenols is 1. The summed E-state index contributed by atoms with van der Waals surface area (Å²) in [6, 6.07) is 1.94. The molecule has 2 N–H and O–H groups in total. The smallest absolute Gasteiger partial charge is 0.257 e. The van der Waals surface area contributed by atoms with E-state index in [9.17, 15) is 19.4 Å². The Hall–Kier alpha value is -1.33. The molecule has 6 heteroatoms. The Kier molecular flexibility index (Phi) is 4.20. The van der Waals surface area contributed by atoms with Crippen LogP contribution in [0.2, 0.25) is 5.02 Å². The zero-order valence-corrected chi connectivity index (χ0v) is 12.0. The number of aliphatic hydroxyl groups is 1. The fraction of sp³-hybridized carbons (Fsp3) is 0.500. The molecule has 1 unspecified atom stereocenters. The predicted molar refractivity (Wildman–Crippen MR) is 73.4 cm³/mol. The maximum Gasteiger partial charge on any atom is 0.257 e. The van der Waals surface area contributed by atoms with Gasteiger partial charge in [-0.05, 0) is 25.0 Å². The normalized spacial score (nSPS) is 22.9. The molecule has 4 nitrogen and oxygen atoms in total. The van der Waals surface area contributed by atoms with Crippen molar-refractivity contribution in [3.05, 3.63) is 28.5 Å². The van der Waals surface area contributed by atoms with Gasteiger partial charge in [0, 0.05) is 18.5 Å². The van der Waals surface area contributed by atoms with E-state index >= 15 is 0 Å². The monoisotopic (exact) mass is 301 g/mol. The van der Waals surface area contributed by atoms with Crippen molar-refractivity contribution in [3.8, 4) is 5.75 Å². The predicted octanol–water partition coefficient (Wildman–Crippen LogP) is 2.42. The van der Waals surface area contributed by atoms with Crippen LogP contribution in [0.4, 0.5) is 4.39 Å². The molecule has 20 heavy (non-hydrogen) atoms. The minimum Gasteiger partial charge on any atom is -0.506 e. The van der Waals surface area contributed by atoms with Crippen molar-refractivity contribution in [2.24, 2.45) is 5.41 Å². The van der Waals surface area contributed by atoms with Gasteiger partial charge in [0.15, 0.2) is 0 Å². The van der Waals surface area contributed by atoms with Gasteiger partial charge < -0.3 is 15.1 Å². The van der Waals surface area contributed by atoms with E-state index in [2.05, 4.69) is 0 Å². The van der Waals surface area contributed by atoms with E-state index in [1.54, 1.807) is 0 Å². The summed E-state index contributed by atoms with van der Waals surface area (Å²) in [6.07, 6.45) is 1.58. The van der Waals surface area contributed by atoms with Gasteiger partial charge in [-0.15, -0.1) is 0 Å². The molecule has 1 aromatic carbocycles. The highest BCUT2D eigenvalue weighted by Crippen LogP contribution is 2.33. The van der Waals surface area contributed by atoms with Gasteiger partial charge in [0.1, 0.15) is 11.6 Å². The van der Waals surface area contributed by atoms with Gasteiger partial charge in [0.2, 0.25) is 0 Å². The van der Waals surface area contributed by atoms with E-state index in [-0.39, 0.29) is 22.6 Å². The number of hydrogen-bond donors (Lipinski definition) is 2. The largest absolute Gasteiger partial charge is 0.506 e. The van der Waals surface area contributed by atoms with Crippen molar-refractivity contribution in [2.45, 2.75) is 19.8 Å². The number of hydrogen-bond acceptors (Lipinski definition) is 3. The van der Waals surface area contributed by atoms with Crippen LogP contribution in [0.25, 0.3) is 0 Å². The van der Waals surface area contributed by atoms with Crippen LogP contribution >= 0.6 is 11.6 Å². The summed E-state index contributed by atoms with van der Waals surface area (Å²) in [4.78, 5) is 13.9. The highest BCUT2D eigenvalue weighted by Gasteiger charge is 2.34. The Morgan fingerprint density at radius 2 is 2.25 bits per heavy atom. The molecule has 1 aliphatic rings. The lowest BCUT2D eigenvalue weighted by atomic mass is 9.82. The van der Waals surface area contributed by atoms with E-state index in [1.807, 2.05) is 6.92 Å². The van der Waals surface area contributed by atoms with Gasteiger partial charge in [-0.1, -0.05) is 18.5 Å². The molecule has 0 bridgehead atoms. The van der Waals surface area contributed by atoms with Crippen LogP contribution in [0, 0.1) is 11.2 Å². The zero-order valence-electron chi connectivity index (χ0n) is 11.2. The lowest BCUT2D eigenvalue weighted by Gasteiger charge is -2.39. The van der Waals surface area contributed by atoms with E-state index in [4.69, 9.17) is 11.6 Å². The quantitative estimate of drug-likeness (QED) is 0.882. The molecule has 1 aromatic rings. The first-order valence-electron chi connectivity index (χ1n) is 6.44. The van der Waals surface area contributed by atoms with Gasteiger partial charge in [-0.25, -0.2) is 4.39 Å². The first-order valence-corrected chi connectivity index (χ1v) is 6.82. The Bertz CT molecular complexity index is 537. The second kappa shape index (κ2) is 5.58. The summed E-state index contributed by atoms with van der Waals surface area (Å²) in [5, 5.41) is 19.0. The molecule has 2 rings (SSSR count). The fourth-order valence-electron chi connectivity index (χ4n) is 2.52. The molecule has 1 aliphatic heterocycles. The fourth-order valence-corrected chi connectivity index (χ4v) is 2.72. The molecule has 0 spiro atoms. The number of carbonyl (C=O) groups is 1. The number of aliphatic hydroxyl groups excluding tert-OH is 1. The summed E-state index contributed by atoms with van der Waals surface area (Å²) in [5.74, 6) is -1.55. The van der Waals surface area contributed by atoms with E-state index < -0.39 is 17.5 Å². The number of carbonyl (C=O) groups excluding carboxylic acids is 1. The minimum atomic E-state index is -0.668. The maximum absolute atomic E-state index is 13.3. The Labute approximate surface area is 121 Å². The Balaban J connectivity index is 2.28. The standard InChI is InChI=1S/C14H17ClFNO3/c1-14(8-18)3-2-4-17(7-14)13(20)10-5-9(16)6-11(15)12(10)19/h5-6,18-19H,2-4,7-8H2,1H3. The summed E-state index contributed by atoms with van der Waals surface area (Å²) in [5.41, 5.74) is -0.502. The number of amides is 1. The second-order valence-corrected chi connectivity index (χ2v) is 5.99. The van der Waals surface area contributed by atoms with Crippen molar-refractivity contribution in [1.29, 1.82) is 0 Å². The van der Waals surface area contributed by atoms with Crippen molar-refractivity contribution < 1.29 is 19.4 Å². The van der Waals surface area contributed by atoms with Crippen LogP contribution < -0.4 is 0 Å². The third-order valence-corrected chi connectivity index (χ3v) is 4.00. The van der Waals surface area contributed by atoms with Gasteiger partial charge >= 0.3 is 0 Å². The zero-order chi connectivity index (χ0) is 14.9. The molecule has 0 saturated carbocycles. The third kappa shape index (κ3) is 2.88. The second-order valence-electron chi connectivity index (χ2n) is 5.58. The lowest BCUT2D eigenvalue weighted by Crippen LogP contribution is -2.46. The van der Waals surface area contributed by atoms with E-state index in [0.29, 0.717) is 13.1 Å². The maximum atomic E-state index is 13.3. The third-order valence-electron chi connectivity index (χ3n) is 3.71. The van der Waals surface area contributed by atoms with Gasteiger partial charge in [-0.3, -0.25) is 4.79 Å². The van der Waals surface area contributed by atoms with Crippen molar-refractivity contribution in [3.63, 3.8) is 0 Å². The summed E-state index contributed by atoms with van der Waals surface area (Å²) < 4.78 is 13.3. The molecular formula is C14H17ClFNO3. The molecule has 0 aliphatic carbocycles. The molecule has 1 saturated heterocycles. The molecule has 1 fully saturated rings. The number of nitrogens with zero attached hydrogens (tertiary/aromatic N) is 1. The van der Waals surface area contributed by atoms with E-state index in [1.165, 1.54) is 4.90 Å². The van der Waals surface area contributed by atoms with Crippen LogP contribution in [0.5, 0.6) is 5.75 Å². The summed E-state index contributed by atoms with van der Waals surface area (Å²) in [6.45, 7) is 2.76. The number of halogens is 2. The Morgan fingerprint density at radius 3 is 2.90 bits per heavy atom. The molecular weight excluding hydrogens is 285 g/mol. The molecule has 1 amide bonds. The molecule has 1 atom stereocenters. The first kappa shape index (κ1) is 15.1. The molecule has 1 heterocycles. The van der Waals surface area contributed by atoms with Gasteiger partial charge in [0.05, 0.1) is 17.2 Å². The summed E-state index contributed by atoms with van der Waals surface area (Å²) in [7, 11) is 0. The topological polar surface area (TPSA) is 60.8 Å². The highest BCUT2D eigenvalue weighted by molar-refractivity contribution is 6.32. The van der Waals surface area contributed by atoms with Crippen LogP contribution in [0.3, 0.4) is 0 Å². The van der Waals surface area contributed by atoms with Crippen LogP contribution in [-0.4, -0.2) is 40.7 Å². The molecule has 0 radical (unpaired) electrons. The molecule has 110 valence electrons. The lowest BCUT2D eigenvalue weighted by molar-refractivity contribution is 0.0355. The SMILES string of the molecule is CC1(CO)CCCN(C(=O)c2cc(F)cc(Cl)c2O)C1. The van der Waals surface area contributed by atoms with Crippen LogP contribution in [0.1, 0.15) is 30.1 Å². The number of aromatic hydroxyl groups is 1. The number of piperidine rings is 1. The first-order chi connectivity index (χ1) is 9.36. The van der Waals surface area contributed by atoms with Crippen LogP contribution in [0.15, 0.2) is 12.1 Å². The van der Waals surface area contributed by atoms with Crippen molar-refractivity contribution in [1.82, 2.24) is 4.90 Å². The van der Waals surface area contributed by atoms with Crippen LogP contribution in [-0.2, 0) is 0 Å². The summed E-state index contributed by atoms with van der Waals surface area (Å²) >= 11 is 5.68. The average Bonchev–Trinajstić information content (AvgIpc) is 2.42. The van der Waals surface area contributed by atoms with Gasteiger partial charge in [0.25, 0.3) is 5.91 Å². The number of rotatable bonds is 2. The number of likely N-dealkylation sites (tertiary alicyclic amines) is 1.